The van der Waals surface area contributed by atoms with Gasteiger partial charge in [0.25, 0.3) is 0 Å². The summed E-state index contributed by atoms with van der Waals surface area (Å²) >= 11 is 0. The zero-order valence-electron chi connectivity index (χ0n) is 13.1. The third-order valence-corrected chi connectivity index (χ3v) is 3.56. The van der Waals surface area contributed by atoms with Crippen molar-refractivity contribution in [3.8, 4) is 0 Å². The molecule has 12 heteroatoms. The Morgan fingerprint density at radius 2 is 2.08 bits per heavy atom. The number of likely N-dealkylation sites (tertiary alicyclic amines) is 1. The third-order valence-electron chi connectivity index (χ3n) is 3.56. The molecule has 0 spiro atoms. The van der Waals surface area contributed by atoms with Gasteiger partial charge in [-0.05, 0) is 25.0 Å². The van der Waals surface area contributed by atoms with Crippen molar-refractivity contribution in [3.63, 3.8) is 0 Å². The van der Waals surface area contributed by atoms with Crippen molar-refractivity contribution in [2.24, 2.45) is 0 Å². The average Bonchev–Trinajstić information content (AvgIpc) is 3.03. The van der Waals surface area contributed by atoms with Crippen molar-refractivity contribution in [1.82, 2.24) is 4.90 Å². The minimum Gasteiger partial charge on any atom is -0.440 e. The first-order chi connectivity index (χ1) is 12.1. The van der Waals surface area contributed by atoms with Gasteiger partial charge < -0.3 is 10.1 Å². The molecule has 0 aliphatic carbocycles. The topological polar surface area (TPSA) is 102 Å². The van der Waals surface area contributed by atoms with E-state index in [0.717, 1.165) is 23.1 Å². The van der Waals surface area contributed by atoms with Gasteiger partial charge in [0.05, 0.1) is 4.92 Å². The van der Waals surface area contributed by atoms with Crippen molar-refractivity contribution in [1.29, 1.82) is 0 Å². The molecule has 1 aliphatic rings. The second-order valence-electron chi connectivity index (χ2n) is 5.43. The Morgan fingerprint density at radius 1 is 1.38 bits per heavy atom. The Balaban J connectivity index is 2.05. The molecule has 1 atom stereocenters. The summed E-state index contributed by atoms with van der Waals surface area (Å²) in [5.41, 5.74) is -0.936. The number of nitrogens with one attached hydrogen (secondary N) is 1. The Labute approximate surface area is 143 Å². The van der Waals surface area contributed by atoms with Crippen LogP contribution < -0.4 is 5.32 Å². The maximum atomic E-state index is 13.3. The van der Waals surface area contributed by atoms with Crippen LogP contribution in [0.15, 0.2) is 18.2 Å². The van der Waals surface area contributed by atoms with Crippen LogP contribution in [0.2, 0.25) is 0 Å². The minimum absolute atomic E-state index is 0.0261. The number of amides is 2. The SMILES string of the molecule is O=C(Nc1ccc(F)c([N+](=O)[O-])c1)C1CCCN1C(=O)OCC(F)(F)F. The molecule has 1 unspecified atom stereocenters. The van der Waals surface area contributed by atoms with Crippen LogP contribution in [0.1, 0.15) is 12.8 Å². The highest BCUT2D eigenvalue weighted by molar-refractivity contribution is 5.97. The molecule has 1 aromatic rings. The Bertz CT molecular complexity index is 725. The van der Waals surface area contributed by atoms with Crippen LogP contribution in [-0.2, 0) is 9.53 Å². The second-order valence-corrected chi connectivity index (χ2v) is 5.43. The fraction of sp³-hybridized carbons (Fsp3) is 0.429. The average molecular weight is 379 g/mol. The van der Waals surface area contributed by atoms with E-state index in [-0.39, 0.29) is 18.7 Å². The van der Waals surface area contributed by atoms with E-state index in [0.29, 0.717) is 6.42 Å². The third kappa shape index (κ3) is 4.80. The number of ether oxygens (including phenoxy) is 1. The first-order valence-corrected chi connectivity index (χ1v) is 7.33. The van der Waals surface area contributed by atoms with Crippen LogP contribution in [-0.4, -0.2) is 47.2 Å². The predicted octanol–water partition coefficient (Wildman–Crippen LogP) is 2.84. The number of rotatable bonds is 4. The Hall–Kier alpha value is -2.92. The van der Waals surface area contributed by atoms with Crippen LogP contribution >= 0.6 is 0 Å². The van der Waals surface area contributed by atoms with E-state index >= 15 is 0 Å². The summed E-state index contributed by atoms with van der Waals surface area (Å²) in [6.07, 6.45) is -5.44. The van der Waals surface area contributed by atoms with E-state index in [1.54, 1.807) is 0 Å². The number of hydrogen-bond donors (Lipinski definition) is 1. The fourth-order valence-corrected chi connectivity index (χ4v) is 2.44. The lowest BCUT2D eigenvalue weighted by Gasteiger charge is -2.23. The lowest BCUT2D eigenvalue weighted by molar-refractivity contribution is -0.387. The van der Waals surface area contributed by atoms with Gasteiger partial charge in [-0.15, -0.1) is 0 Å². The van der Waals surface area contributed by atoms with Gasteiger partial charge >= 0.3 is 18.0 Å². The van der Waals surface area contributed by atoms with Crippen LogP contribution in [0.5, 0.6) is 0 Å². The highest BCUT2D eigenvalue weighted by Crippen LogP contribution is 2.24. The number of nitrogens with zero attached hydrogens (tertiary/aromatic N) is 2. The molecule has 1 saturated heterocycles. The van der Waals surface area contributed by atoms with Gasteiger partial charge in [0.15, 0.2) is 6.61 Å². The Morgan fingerprint density at radius 3 is 2.69 bits per heavy atom. The zero-order chi connectivity index (χ0) is 19.5. The molecule has 1 fully saturated rings. The molecule has 26 heavy (non-hydrogen) atoms. The molecule has 142 valence electrons. The van der Waals surface area contributed by atoms with E-state index in [1.165, 1.54) is 0 Å². The van der Waals surface area contributed by atoms with Gasteiger partial charge in [-0.1, -0.05) is 0 Å². The molecular weight excluding hydrogens is 366 g/mol. The quantitative estimate of drug-likeness (QED) is 0.492. The molecule has 2 amide bonds. The number of hydrogen-bond acceptors (Lipinski definition) is 5. The largest absolute Gasteiger partial charge is 0.440 e. The summed E-state index contributed by atoms with van der Waals surface area (Å²) in [5, 5.41) is 13.0. The molecule has 1 N–H and O–H groups in total. The van der Waals surface area contributed by atoms with Crippen molar-refractivity contribution < 1.29 is 36.8 Å². The smallest absolute Gasteiger partial charge is 0.422 e. The molecule has 0 saturated carbocycles. The van der Waals surface area contributed by atoms with Crippen molar-refractivity contribution in [2.45, 2.75) is 25.1 Å². The lowest BCUT2D eigenvalue weighted by atomic mass is 10.2. The van der Waals surface area contributed by atoms with Gasteiger partial charge in [-0.2, -0.15) is 17.6 Å². The number of anilines is 1. The van der Waals surface area contributed by atoms with E-state index in [9.17, 15) is 37.3 Å². The maximum Gasteiger partial charge on any atom is 0.422 e. The first kappa shape index (κ1) is 19.4. The molecule has 2 rings (SSSR count). The fourth-order valence-electron chi connectivity index (χ4n) is 2.44. The Kier molecular flexibility index (Phi) is 5.63. The van der Waals surface area contributed by atoms with Gasteiger partial charge in [0.1, 0.15) is 6.04 Å². The molecular formula is C14H13F4N3O5. The first-order valence-electron chi connectivity index (χ1n) is 7.33. The number of alkyl halides is 3. The normalized spacial score (nSPS) is 17.1. The molecule has 0 radical (unpaired) electrons. The summed E-state index contributed by atoms with van der Waals surface area (Å²) < 4.78 is 53.8. The molecule has 8 nitrogen and oxygen atoms in total. The number of halogens is 4. The summed E-state index contributed by atoms with van der Waals surface area (Å²) in [4.78, 5) is 34.6. The highest BCUT2D eigenvalue weighted by Gasteiger charge is 2.37. The molecule has 0 aromatic heterocycles. The van der Waals surface area contributed by atoms with E-state index in [2.05, 4.69) is 10.1 Å². The van der Waals surface area contributed by atoms with Gasteiger partial charge in [0, 0.05) is 18.3 Å². The maximum absolute atomic E-state index is 13.3. The van der Waals surface area contributed by atoms with Gasteiger partial charge in [-0.3, -0.25) is 19.8 Å². The second kappa shape index (κ2) is 7.54. The number of carbonyl (C=O) groups is 2. The number of nitro benzene ring substituents is 1. The van der Waals surface area contributed by atoms with Crippen molar-refractivity contribution >= 4 is 23.4 Å². The van der Waals surface area contributed by atoms with Crippen LogP contribution in [0.3, 0.4) is 0 Å². The standard InChI is InChI=1S/C14H13F4N3O5/c15-9-4-3-8(6-11(9)21(24)25)19-12(22)10-2-1-5-20(10)13(23)26-7-14(16,17)18/h3-4,6,10H,1-2,5,7H2,(H,19,22). The predicted molar refractivity (Wildman–Crippen MR) is 78.8 cm³/mol. The van der Waals surface area contributed by atoms with E-state index < -0.39 is 47.3 Å². The minimum atomic E-state index is -4.69. The number of nitro groups is 1. The van der Waals surface area contributed by atoms with Gasteiger partial charge in [0.2, 0.25) is 11.7 Å². The summed E-state index contributed by atoms with van der Waals surface area (Å²) in [6.45, 7) is -1.75. The molecule has 0 bridgehead atoms. The van der Waals surface area contributed by atoms with Crippen LogP contribution in [0, 0.1) is 15.9 Å². The van der Waals surface area contributed by atoms with Crippen LogP contribution in [0.25, 0.3) is 0 Å². The van der Waals surface area contributed by atoms with Crippen molar-refractivity contribution in [3.05, 3.63) is 34.1 Å². The molecule has 1 aromatic carbocycles. The summed E-state index contributed by atoms with van der Waals surface area (Å²) in [5.74, 6) is -1.86. The number of benzene rings is 1. The van der Waals surface area contributed by atoms with Gasteiger partial charge in [-0.25, -0.2) is 4.79 Å². The molecule has 1 heterocycles. The molecule has 1 aliphatic heterocycles. The number of carbonyl (C=O) groups excluding carboxylic acids is 2. The van der Waals surface area contributed by atoms with E-state index in [1.807, 2.05) is 0 Å². The highest BCUT2D eigenvalue weighted by atomic mass is 19.4. The lowest BCUT2D eigenvalue weighted by Crippen LogP contribution is -2.44. The van der Waals surface area contributed by atoms with Crippen LogP contribution in [0.4, 0.5) is 33.7 Å². The monoisotopic (exact) mass is 379 g/mol. The van der Waals surface area contributed by atoms with Crippen molar-refractivity contribution in [2.75, 3.05) is 18.5 Å². The zero-order valence-corrected chi connectivity index (χ0v) is 13.1. The summed E-state index contributed by atoms with van der Waals surface area (Å²) in [6, 6.07) is 1.58. The summed E-state index contributed by atoms with van der Waals surface area (Å²) in [7, 11) is 0. The van der Waals surface area contributed by atoms with E-state index in [4.69, 9.17) is 0 Å².